The molecular weight excluding hydrogens is 752 g/mol. The molecular formula is C52H28F3N5. The van der Waals surface area contributed by atoms with E-state index in [9.17, 15) is 15.8 Å². The zero-order valence-corrected chi connectivity index (χ0v) is 31.5. The molecule has 0 spiro atoms. The van der Waals surface area contributed by atoms with Crippen LogP contribution in [0, 0.1) is 34.0 Å². The Kier molecular flexibility index (Phi) is 8.35. The number of para-hydroxylation sites is 2. The molecule has 0 unspecified atom stereocenters. The van der Waals surface area contributed by atoms with E-state index >= 15 is 13.2 Å². The van der Waals surface area contributed by atoms with Crippen molar-refractivity contribution in [3.8, 4) is 63.0 Å². The Morgan fingerprint density at radius 1 is 0.367 bits per heavy atom. The number of hydrogen-bond acceptors (Lipinski definition) is 3. The predicted molar refractivity (Wildman–Crippen MR) is 231 cm³/mol. The molecule has 0 saturated heterocycles. The van der Waals surface area contributed by atoms with E-state index in [1.807, 2.05) is 137 Å². The van der Waals surface area contributed by atoms with E-state index in [1.165, 1.54) is 12.1 Å². The first-order valence-corrected chi connectivity index (χ1v) is 19.1. The third-order valence-electron chi connectivity index (χ3n) is 11.2. The van der Waals surface area contributed by atoms with Gasteiger partial charge >= 0.3 is 6.18 Å². The number of alkyl halides is 3. The smallest absolute Gasteiger partial charge is 0.309 e. The maximum Gasteiger partial charge on any atom is 0.416 e. The van der Waals surface area contributed by atoms with Crippen LogP contribution in [0.2, 0.25) is 0 Å². The minimum Gasteiger partial charge on any atom is -0.309 e. The number of halogens is 3. The largest absolute Gasteiger partial charge is 0.416 e. The van der Waals surface area contributed by atoms with Crippen LogP contribution in [0.3, 0.4) is 0 Å². The van der Waals surface area contributed by atoms with Crippen molar-refractivity contribution in [1.29, 1.82) is 15.8 Å². The summed E-state index contributed by atoms with van der Waals surface area (Å²) in [6.45, 7) is 0. The Bertz CT molecular complexity index is 3330. The van der Waals surface area contributed by atoms with Crippen molar-refractivity contribution in [2.75, 3.05) is 0 Å². The highest BCUT2D eigenvalue weighted by Crippen LogP contribution is 2.46. The van der Waals surface area contributed by atoms with Crippen LogP contribution in [0.15, 0.2) is 170 Å². The molecule has 0 aliphatic rings. The summed E-state index contributed by atoms with van der Waals surface area (Å²) in [6.07, 6.45) is -4.73. The number of rotatable bonds is 5. The lowest BCUT2D eigenvalue weighted by molar-refractivity contribution is -0.137. The van der Waals surface area contributed by atoms with E-state index in [2.05, 4.69) is 18.2 Å². The number of benzene rings is 8. The minimum absolute atomic E-state index is 0.288. The molecule has 5 nitrogen and oxygen atoms in total. The molecule has 10 rings (SSSR count). The lowest BCUT2D eigenvalue weighted by Gasteiger charge is -2.23. The predicted octanol–water partition coefficient (Wildman–Crippen LogP) is 13.5. The fourth-order valence-corrected chi connectivity index (χ4v) is 8.53. The average Bonchev–Trinajstić information content (AvgIpc) is 3.80. The summed E-state index contributed by atoms with van der Waals surface area (Å²) in [5.41, 5.74) is 8.39. The maximum absolute atomic E-state index is 15.4. The van der Waals surface area contributed by atoms with Gasteiger partial charge in [0.1, 0.15) is 0 Å². The molecule has 0 amide bonds. The van der Waals surface area contributed by atoms with Crippen molar-refractivity contribution >= 4 is 43.6 Å². The summed E-state index contributed by atoms with van der Waals surface area (Å²) in [4.78, 5) is 0. The molecule has 8 heteroatoms. The lowest BCUT2D eigenvalue weighted by atomic mass is 9.96. The van der Waals surface area contributed by atoms with Crippen molar-refractivity contribution in [2.45, 2.75) is 6.18 Å². The monoisotopic (exact) mass is 779 g/mol. The molecule has 0 N–H and O–H groups in total. The van der Waals surface area contributed by atoms with Gasteiger partial charge in [-0.2, -0.15) is 29.0 Å². The van der Waals surface area contributed by atoms with Crippen molar-refractivity contribution in [2.24, 2.45) is 0 Å². The van der Waals surface area contributed by atoms with E-state index in [0.717, 1.165) is 43.8 Å². The molecule has 0 bridgehead atoms. The second-order valence-electron chi connectivity index (χ2n) is 14.6. The fraction of sp³-hybridized carbons (Fsp3) is 0.0192. The summed E-state index contributed by atoms with van der Waals surface area (Å²) >= 11 is 0. The molecule has 0 fully saturated rings. The van der Waals surface area contributed by atoms with Gasteiger partial charge in [0.15, 0.2) is 0 Å². The van der Waals surface area contributed by atoms with Crippen LogP contribution in [-0.2, 0) is 6.18 Å². The third kappa shape index (κ3) is 5.85. The second kappa shape index (κ2) is 13.9. The average molecular weight is 780 g/mol. The molecule has 8 aromatic carbocycles. The molecule has 0 saturated carbocycles. The Hall–Kier alpha value is -8.38. The van der Waals surface area contributed by atoms with E-state index < -0.39 is 11.7 Å². The molecule has 0 aliphatic carbocycles. The quantitative estimate of drug-likeness (QED) is 0.174. The topological polar surface area (TPSA) is 81.2 Å². The van der Waals surface area contributed by atoms with Gasteiger partial charge in [-0.3, -0.25) is 0 Å². The number of nitriles is 3. The van der Waals surface area contributed by atoms with Gasteiger partial charge in [0.05, 0.1) is 73.9 Å². The third-order valence-corrected chi connectivity index (χ3v) is 11.2. The lowest BCUT2D eigenvalue weighted by Crippen LogP contribution is -2.11. The Morgan fingerprint density at radius 3 is 1.18 bits per heavy atom. The number of fused-ring (bicyclic) bond motifs is 6. The first-order chi connectivity index (χ1) is 29.2. The van der Waals surface area contributed by atoms with Gasteiger partial charge in [-0.25, -0.2) is 0 Å². The van der Waals surface area contributed by atoms with Gasteiger partial charge in [0, 0.05) is 27.1 Å². The van der Waals surface area contributed by atoms with E-state index in [1.54, 1.807) is 30.3 Å². The molecule has 0 radical (unpaired) electrons. The van der Waals surface area contributed by atoms with Crippen LogP contribution in [0.25, 0.3) is 88.4 Å². The van der Waals surface area contributed by atoms with E-state index in [-0.39, 0.29) is 11.4 Å². The van der Waals surface area contributed by atoms with Gasteiger partial charge in [-0.1, -0.05) is 84.9 Å². The van der Waals surface area contributed by atoms with Crippen LogP contribution in [-0.4, -0.2) is 9.13 Å². The summed E-state index contributed by atoms with van der Waals surface area (Å²) in [5.74, 6) is 0. The highest BCUT2D eigenvalue weighted by molar-refractivity contribution is 6.13. The Morgan fingerprint density at radius 2 is 0.750 bits per heavy atom. The SMILES string of the molecule is N#Cc1cccc(-c2ccc3c(c2)c2ccccc2n3-c2cc(C(F)(F)F)cc(-n3c4ccccc4c4cc(-c5cccc(C#N)c5)ccc43)c2-c2cccc(C#N)c2)c1. The fourth-order valence-electron chi connectivity index (χ4n) is 8.53. The van der Waals surface area contributed by atoms with Crippen LogP contribution in [0.1, 0.15) is 22.3 Å². The molecule has 2 aromatic heterocycles. The zero-order chi connectivity index (χ0) is 41.1. The van der Waals surface area contributed by atoms with Gasteiger partial charge < -0.3 is 9.13 Å². The first kappa shape index (κ1) is 36.0. The normalized spacial score (nSPS) is 11.5. The van der Waals surface area contributed by atoms with Crippen LogP contribution >= 0.6 is 0 Å². The van der Waals surface area contributed by atoms with Gasteiger partial charge in [0.2, 0.25) is 0 Å². The summed E-state index contributed by atoms with van der Waals surface area (Å²) in [7, 11) is 0. The molecule has 10 aromatic rings. The van der Waals surface area contributed by atoms with Crippen molar-refractivity contribution in [1.82, 2.24) is 9.13 Å². The molecule has 0 atom stereocenters. The number of aromatic nitrogens is 2. The van der Waals surface area contributed by atoms with Gasteiger partial charge in [0.25, 0.3) is 0 Å². The van der Waals surface area contributed by atoms with Gasteiger partial charge in [-0.15, -0.1) is 0 Å². The van der Waals surface area contributed by atoms with E-state index in [4.69, 9.17) is 0 Å². The maximum atomic E-state index is 15.4. The molecule has 2 heterocycles. The standard InChI is InChI=1S/C52H28F3N5/c53-52(54,55)40-27-49(59-45-16-3-1-14-41(45)43-25-37(18-20-47(43)59)35-11-5-8-32(22-35)29-56)51(39-13-7-10-34(24-39)31-58)50(28-40)60-46-17-4-2-15-42(46)44-26-38(19-21-48(44)60)36-12-6-9-33(23-36)30-57/h1-28H. The second-order valence-corrected chi connectivity index (χ2v) is 14.6. The molecule has 60 heavy (non-hydrogen) atoms. The van der Waals surface area contributed by atoms with Crippen LogP contribution < -0.4 is 0 Å². The van der Waals surface area contributed by atoms with Crippen LogP contribution in [0.4, 0.5) is 13.2 Å². The van der Waals surface area contributed by atoms with Crippen LogP contribution in [0.5, 0.6) is 0 Å². The highest BCUT2D eigenvalue weighted by Gasteiger charge is 2.34. The molecule has 282 valence electrons. The zero-order valence-electron chi connectivity index (χ0n) is 31.5. The Balaban J connectivity index is 1.33. The van der Waals surface area contributed by atoms with Crippen molar-refractivity contribution in [3.05, 3.63) is 192 Å². The summed E-state index contributed by atoms with van der Waals surface area (Å²) < 4.78 is 50.1. The summed E-state index contributed by atoms with van der Waals surface area (Å²) in [6, 6.07) is 57.7. The first-order valence-electron chi connectivity index (χ1n) is 19.1. The van der Waals surface area contributed by atoms with E-state index in [0.29, 0.717) is 49.9 Å². The number of nitrogens with zero attached hydrogens (tertiary/aromatic N) is 5. The van der Waals surface area contributed by atoms with Crippen molar-refractivity contribution < 1.29 is 13.2 Å². The molecule has 0 aliphatic heterocycles. The minimum atomic E-state index is -4.73. The Labute approximate surface area is 341 Å². The summed E-state index contributed by atoms with van der Waals surface area (Å²) in [5, 5.41) is 32.6. The van der Waals surface area contributed by atoms with Crippen molar-refractivity contribution in [3.63, 3.8) is 0 Å². The number of hydrogen-bond donors (Lipinski definition) is 0. The van der Waals surface area contributed by atoms with Gasteiger partial charge in [-0.05, 0) is 113 Å². The highest BCUT2D eigenvalue weighted by atomic mass is 19.4.